The van der Waals surface area contributed by atoms with E-state index in [1.54, 1.807) is 24.3 Å². The highest BCUT2D eigenvalue weighted by Gasteiger charge is 2.22. The first-order chi connectivity index (χ1) is 9.64. The molecule has 0 aliphatic rings. The minimum Gasteiger partial charge on any atom is -0.413 e. The summed E-state index contributed by atoms with van der Waals surface area (Å²) in [4.78, 5) is 0. The highest BCUT2D eigenvalue weighted by Crippen LogP contribution is 2.53. The Morgan fingerprint density at radius 3 is 2.25 bits per heavy atom. The maximum atomic E-state index is 11.9. The van der Waals surface area contributed by atoms with Crippen LogP contribution in [0.3, 0.4) is 0 Å². The second-order valence-corrected chi connectivity index (χ2v) is 7.33. The second kappa shape index (κ2) is 10.3. The van der Waals surface area contributed by atoms with Gasteiger partial charge in [0.2, 0.25) is 0 Å². The molecule has 0 heterocycles. The molecule has 5 heteroatoms. The molecule has 1 rings (SSSR count). The summed E-state index contributed by atoms with van der Waals surface area (Å²) < 4.78 is 22.2. The van der Waals surface area contributed by atoms with Gasteiger partial charge in [0, 0.05) is 11.2 Å². The van der Waals surface area contributed by atoms with E-state index in [-0.39, 0.29) is 0 Å². The van der Waals surface area contributed by atoms with Gasteiger partial charge >= 0.3 is 6.95 Å². The van der Waals surface area contributed by atoms with Crippen LogP contribution in [0.1, 0.15) is 51.9 Å². The summed E-state index contributed by atoms with van der Waals surface area (Å²) in [5.41, 5.74) is 0. The predicted molar refractivity (Wildman–Crippen MR) is 84.5 cm³/mol. The highest BCUT2D eigenvalue weighted by atomic mass is 35.7. The summed E-state index contributed by atoms with van der Waals surface area (Å²) >= 11 is 5.76. The van der Waals surface area contributed by atoms with Crippen molar-refractivity contribution in [2.24, 2.45) is 0 Å². The number of unbranched alkanes of at least 4 members (excludes halogenated alkanes) is 6. The average Bonchev–Trinajstić information content (AvgIpc) is 2.42. The minimum atomic E-state index is -3.51. The van der Waals surface area contributed by atoms with Crippen molar-refractivity contribution in [2.45, 2.75) is 51.9 Å². The third kappa shape index (κ3) is 8.63. The Balaban J connectivity index is 2.09. The van der Waals surface area contributed by atoms with Crippen LogP contribution in [0.25, 0.3) is 0 Å². The van der Waals surface area contributed by atoms with Crippen molar-refractivity contribution in [3.63, 3.8) is 0 Å². The predicted octanol–water partition coefficient (Wildman–Crippen LogP) is 6.18. The second-order valence-electron chi connectivity index (χ2n) is 4.79. The van der Waals surface area contributed by atoms with Gasteiger partial charge in [0.15, 0.2) is 0 Å². The Morgan fingerprint density at radius 2 is 1.60 bits per heavy atom. The van der Waals surface area contributed by atoms with Gasteiger partial charge in [0.05, 0.1) is 6.61 Å². The smallest absolute Gasteiger partial charge is 0.413 e. The van der Waals surface area contributed by atoms with E-state index >= 15 is 0 Å². The molecule has 0 saturated carbocycles. The Morgan fingerprint density at radius 1 is 1.00 bits per heavy atom. The van der Waals surface area contributed by atoms with Crippen molar-refractivity contribution in [3.8, 4) is 5.75 Å². The van der Waals surface area contributed by atoms with Gasteiger partial charge in [-0.05, 0) is 18.6 Å². The zero-order chi connectivity index (χ0) is 14.7. The number of para-hydroxylation sites is 1. The molecular weight excluding hydrogens is 295 g/mol. The van der Waals surface area contributed by atoms with E-state index in [4.69, 9.17) is 20.3 Å². The van der Waals surface area contributed by atoms with Crippen molar-refractivity contribution in [3.05, 3.63) is 30.3 Å². The van der Waals surface area contributed by atoms with Crippen LogP contribution in [0.4, 0.5) is 0 Å². The van der Waals surface area contributed by atoms with Gasteiger partial charge < -0.3 is 4.52 Å². The number of hydrogen-bond donors (Lipinski definition) is 0. The molecule has 114 valence electrons. The van der Waals surface area contributed by atoms with Gasteiger partial charge in [-0.3, -0.25) is 4.52 Å². The molecule has 0 N–H and O–H groups in total. The number of hydrogen-bond acceptors (Lipinski definition) is 3. The fourth-order valence-electron chi connectivity index (χ4n) is 1.87. The summed E-state index contributed by atoms with van der Waals surface area (Å²) in [5, 5.41) is 0. The third-order valence-electron chi connectivity index (χ3n) is 2.95. The third-order valence-corrected chi connectivity index (χ3v) is 4.37. The molecule has 1 unspecified atom stereocenters. The highest BCUT2D eigenvalue weighted by molar-refractivity contribution is 7.81. The summed E-state index contributed by atoms with van der Waals surface area (Å²) in [5.74, 6) is 0.463. The lowest BCUT2D eigenvalue weighted by atomic mass is 10.1. The standard InChI is InChI=1S/C15H24ClO3P/c1-2-3-4-5-6-7-11-14-18-20(16,17)19-15-12-9-8-10-13-15/h8-10,12-13H,2-7,11,14H2,1H3. The molecule has 0 saturated heterocycles. The van der Waals surface area contributed by atoms with Crippen molar-refractivity contribution in [1.82, 2.24) is 0 Å². The van der Waals surface area contributed by atoms with Gasteiger partial charge in [-0.1, -0.05) is 63.6 Å². The normalized spacial score (nSPS) is 13.9. The van der Waals surface area contributed by atoms with E-state index in [1.807, 2.05) is 6.07 Å². The number of halogens is 1. The molecule has 0 amide bonds. The Kier molecular flexibility index (Phi) is 9.00. The van der Waals surface area contributed by atoms with Crippen LogP contribution in [-0.4, -0.2) is 6.61 Å². The molecule has 1 aromatic carbocycles. The van der Waals surface area contributed by atoms with Gasteiger partial charge in [-0.15, -0.1) is 0 Å². The lowest BCUT2D eigenvalue weighted by Gasteiger charge is -2.12. The minimum absolute atomic E-state index is 0.376. The zero-order valence-corrected chi connectivity index (χ0v) is 13.7. The quantitative estimate of drug-likeness (QED) is 0.361. The van der Waals surface area contributed by atoms with Crippen molar-refractivity contribution in [1.29, 1.82) is 0 Å². The van der Waals surface area contributed by atoms with E-state index in [9.17, 15) is 4.57 Å². The fraction of sp³-hybridized carbons (Fsp3) is 0.600. The maximum Gasteiger partial charge on any atom is 0.476 e. The van der Waals surface area contributed by atoms with Crippen LogP contribution in [0.5, 0.6) is 5.75 Å². The summed E-state index contributed by atoms with van der Waals surface area (Å²) in [6, 6.07) is 8.84. The first kappa shape index (κ1) is 17.6. The Bertz CT molecular complexity index is 397. The molecule has 0 aromatic heterocycles. The van der Waals surface area contributed by atoms with Crippen LogP contribution < -0.4 is 4.52 Å². The van der Waals surface area contributed by atoms with Crippen molar-refractivity contribution >= 4 is 18.2 Å². The van der Waals surface area contributed by atoms with Crippen molar-refractivity contribution < 1.29 is 13.6 Å². The monoisotopic (exact) mass is 318 g/mol. The molecular formula is C15H24ClO3P. The average molecular weight is 319 g/mol. The lowest BCUT2D eigenvalue weighted by molar-refractivity contribution is 0.271. The molecule has 0 aliphatic heterocycles. The van der Waals surface area contributed by atoms with E-state index in [0.29, 0.717) is 12.4 Å². The van der Waals surface area contributed by atoms with E-state index in [1.165, 1.54) is 32.1 Å². The van der Waals surface area contributed by atoms with Crippen molar-refractivity contribution in [2.75, 3.05) is 6.61 Å². The fourth-order valence-corrected chi connectivity index (χ4v) is 3.09. The largest absolute Gasteiger partial charge is 0.476 e. The number of rotatable bonds is 11. The molecule has 1 aromatic rings. The molecule has 0 aliphatic carbocycles. The van der Waals surface area contributed by atoms with E-state index < -0.39 is 6.95 Å². The van der Waals surface area contributed by atoms with Gasteiger partial charge in [-0.2, -0.15) is 0 Å². The summed E-state index contributed by atoms with van der Waals surface area (Å²) in [6.07, 6.45) is 8.24. The molecule has 0 spiro atoms. The maximum absolute atomic E-state index is 11.9. The number of benzene rings is 1. The molecule has 3 nitrogen and oxygen atoms in total. The Labute approximate surface area is 127 Å². The van der Waals surface area contributed by atoms with E-state index in [2.05, 4.69) is 6.92 Å². The van der Waals surface area contributed by atoms with Crippen LogP contribution >= 0.6 is 18.2 Å². The first-order valence-corrected chi connectivity index (χ1v) is 9.78. The summed E-state index contributed by atoms with van der Waals surface area (Å²) in [7, 11) is 0. The lowest BCUT2D eigenvalue weighted by Crippen LogP contribution is -1.95. The first-order valence-electron chi connectivity index (χ1n) is 7.33. The molecule has 0 bridgehead atoms. The summed E-state index contributed by atoms with van der Waals surface area (Å²) in [6.45, 7) is -0.925. The van der Waals surface area contributed by atoms with Crippen LogP contribution in [0.15, 0.2) is 30.3 Å². The SMILES string of the molecule is CCCCCCCCCOP(=O)(Cl)Oc1ccccc1. The van der Waals surface area contributed by atoms with Crippen LogP contribution in [-0.2, 0) is 9.09 Å². The topological polar surface area (TPSA) is 35.5 Å². The Hall–Kier alpha value is -0.500. The molecule has 0 radical (unpaired) electrons. The molecule has 0 fully saturated rings. The van der Waals surface area contributed by atoms with Gasteiger partial charge in [-0.25, -0.2) is 4.57 Å². The molecule has 20 heavy (non-hydrogen) atoms. The van der Waals surface area contributed by atoms with E-state index in [0.717, 1.165) is 12.8 Å². The zero-order valence-electron chi connectivity index (χ0n) is 12.1. The van der Waals surface area contributed by atoms with Gasteiger partial charge in [0.1, 0.15) is 5.75 Å². The van der Waals surface area contributed by atoms with Gasteiger partial charge in [0.25, 0.3) is 0 Å². The van der Waals surface area contributed by atoms with Crippen LogP contribution in [0.2, 0.25) is 0 Å². The van der Waals surface area contributed by atoms with Crippen LogP contribution in [0, 0.1) is 0 Å². The molecule has 1 atom stereocenters.